The lowest BCUT2D eigenvalue weighted by molar-refractivity contribution is 0.221. The van der Waals surface area contributed by atoms with E-state index in [0.717, 1.165) is 16.6 Å². The Kier molecular flexibility index (Phi) is 5.86. The van der Waals surface area contributed by atoms with E-state index in [2.05, 4.69) is 58.8 Å². The maximum atomic E-state index is 12.7. The molecule has 0 fully saturated rings. The third-order valence-corrected chi connectivity index (χ3v) is 5.96. The molecule has 0 unspecified atom stereocenters. The zero-order valence-corrected chi connectivity index (χ0v) is 17.1. The predicted octanol–water partition coefficient (Wildman–Crippen LogP) is 5.98. The lowest BCUT2D eigenvalue weighted by Crippen LogP contribution is -2.32. The van der Waals surface area contributed by atoms with Crippen LogP contribution in [0.25, 0.3) is 10.2 Å². The quantitative estimate of drug-likeness (QED) is 0.432. The van der Waals surface area contributed by atoms with E-state index < -0.39 is 0 Å². The van der Waals surface area contributed by atoms with Crippen LogP contribution in [0.3, 0.4) is 0 Å². The molecule has 1 heterocycles. The number of para-hydroxylation sites is 1. The van der Waals surface area contributed by atoms with Gasteiger partial charge >= 0.3 is 6.03 Å². The van der Waals surface area contributed by atoms with E-state index in [-0.39, 0.29) is 11.9 Å². The Morgan fingerprint density at radius 1 is 0.931 bits per heavy atom. The summed E-state index contributed by atoms with van der Waals surface area (Å²) in [6.07, 6.45) is 0.845. The van der Waals surface area contributed by atoms with Crippen molar-refractivity contribution in [3.63, 3.8) is 0 Å². The molecule has 2 amide bonds. The van der Waals surface area contributed by atoms with Crippen molar-refractivity contribution < 1.29 is 4.79 Å². The minimum atomic E-state index is -0.135. The van der Waals surface area contributed by atoms with Crippen LogP contribution in [-0.2, 0) is 0 Å². The van der Waals surface area contributed by atoms with Gasteiger partial charge in [0.1, 0.15) is 0 Å². The number of benzene rings is 3. The maximum absolute atomic E-state index is 12.7. The molecule has 4 nitrogen and oxygen atoms in total. The first-order valence-electron chi connectivity index (χ1n) is 9.68. The number of carbonyl (C=O) groups is 1. The van der Waals surface area contributed by atoms with Crippen molar-refractivity contribution in [3.05, 3.63) is 96.1 Å². The van der Waals surface area contributed by atoms with Gasteiger partial charge in [-0.25, -0.2) is 9.78 Å². The molecule has 0 atom stereocenters. The predicted molar refractivity (Wildman–Crippen MR) is 121 cm³/mol. The fraction of sp³-hybridized carbons (Fsp3) is 0.167. The highest BCUT2D eigenvalue weighted by atomic mass is 32.1. The molecule has 4 rings (SSSR count). The summed E-state index contributed by atoms with van der Waals surface area (Å²) >= 11 is 1.49. The Morgan fingerprint density at radius 2 is 1.52 bits per heavy atom. The summed E-state index contributed by atoms with van der Waals surface area (Å²) in [5.41, 5.74) is 3.43. The monoisotopic (exact) mass is 401 g/mol. The van der Waals surface area contributed by atoms with Gasteiger partial charge in [-0.15, -0.1) is 0 Å². The Hall–Kier alpha value is -3.18. The van der Waals surface area contributed by atoms with Crippen molar-refractivity contribution in [1.29, 1.82) is 0 Å². The van der Waals surface area contributed by atoms with E-state index in [0.29, 0.717) is 11.7 Å². The molecule has 0 aliphatic carbocycles. The van der Waals surface area contributed by atoms with E-state index in [1.807, 2.05) is 43.4 Å². The molecule has 1 aromatic heterocycles. The zero-order chi connectivity index (χ0) is 20.1. The normalized spacial score (nSPS) is 11.0. The van der Waals surface area contributed by atoms with Crippen LogP contribution in [0.4, 0.5) is 9.93 Å². The molecule has 0 bridgehead atoms. The van der Waals surface area contributed by atoms with Gasteiger partial charge in [0.2, 0.25) is 0 Å². The van der Waals surface area contributed by atoms with Crippen molar-refractivity contribution in [2.45, 2.75) is 12.3 Å². The van der Waals surface area contributed by atoms with Crippen LogP contribution >= 0.6 is 11.3 Å². The molecule has 146 valence electrons. The maximum Gasteiger partial charge on any atom is 0.323 e. The number of hydrogen-bond acceptors (Lipinski definition) is 3. The summed E-state index contributed by atoms with van der Waals surface area (Å²) in [6, 6.07) is 28.7. The third kappa shape index (κ3) is 4.63. The van der Waals surface area contributed by atoms with Crippen LogP contribution < -0.4 is 5.32 Å². The second kappa shape index (κ2) is 8.88. The van der Waals surface area contributed by atoms with Crippen molar-refractivity contribution in [3.8, 4) is 0 Å². The van der Waals surface area contributed by atoms with Crippen molar-refractivity contribution >= 4 is 32.7 Å². The number of thiazole rings is 1. The van der Waals surface area contributed by atoms with E-state index >= 15 is 0 Å². The molecule has 4 aromatic rings. The van der Waals surface area contributed by atoms with Gasteiger partial charge in [0.25, 0.3) is 0 Å². The van der Waals surface area contributed by atoms with Gasteiger partial charge in [0.05, 0.1) is 10.2 Å². The fourth-order valence-electron chi connectivity index (χ4n) is 3.43. The number of urea groups is 1. The van der Waals surface area contributed by atoms with Crippen LogP contribution in [0.5, 0.6) is 0 Å². The number of nitrogens with zero attached hydrogens (tertiary/aromatic N) is 2. The fourth-order valence-corrected chi connectivity index (χ4v) is 4.29. The summed E-state index contributed by atoms with van der Waals surface area (Å²) in [7, 11) is 1.83. The summed E-state index contributed by atoms with van der Waals surface area (Å²) < 4.78 is 1.07. The molecule has 0 radical (unpaired) electrons. The van der Waals surface area contributed by atoms with Gasteiger partial charge in [-0.2, -0.15) is 0 Å². The Labute approximate surface area is 174 Å². The van der Waals surface area contributed by atoms with Crippen LogP contribution in [0.1, 0.15) is 23.5 Å². The summed E-state index contributed by atoms with van der Waals surface area (Å²) in [5, 5.41) is 3.56. The van der Waals surface area contributed by atoms with E-state index in [4.69, 9.17) is 0 Å². The van der Waals surface area contributed by atoms with Gasteiger partial charge < -0.3 is 4.90 Å². The Bertz CT molecular complexity index is 1010. The molecule has 1 N–H and O–H groups in total. The van der Waals surface area contributed by atoms with E-state index in [1.54, 1.807) is 4.90 Å². The Balaban J connectivity index is 1.43. The number of hydrogen-bond donors (Lipinski definition) is 1. The molecule has 29 heavy (non-hydrogen) atoms. The number of anilines is 1. The van der Waals surface area contributed by atoms with E-state index in [1.165, 1.54) is 22.5 Å². The van der Waals surface area contributed by atoms with Crippen molar-refractivity contribution in [1.82, 2.24) is 9.88 Å². The van der Waals surface area contributed by atoms with Gasteiger partial charge in [-0.05, 0) is 29.7 Å². The topological polar surface area (TPSA) is 45.2 Å². The standard InChI is InChI=1S/C24H23N3OS/c1-27(24(28)26-23-25-21-14-8-9-15-22(21)29-23)17-16-20(18-10-4-2-5-11-18)19-12-6-3-7-13-19/h2-15,20H,16-17H2,1H3,(H,25,26,28). The second-order valence-electron chi connectivity index (χ2n) is 7.00. The molecular formula is C24H23N3OS. The molecule has 0 aliphatic rings. The molecule has 0 aliphatic heterocycles. The SMILES string of the molecule is CN(CCC(c1ccccc1)c1ccccc1)C(=O)Nc1nc2ccccc2s1. The molecule has 0 saturated heterocycles. The van der Waals surface area contributed by atoms with Gasteiger partial charge in [-0.3, -0.25) is 5.32 Å². The highest BCUT2D eigenvalue weighted by Gasteiger charge is 2.17. The first-order valence-corrected chi connectivity index (χ1v) is 10.5. The van der Waals surface area contributed by atoms with Crippen molar-refractivity contribution in [2.75, 3.05) is 18.9 Å². The zero-order valence-electron chi connectivity index (χ0n) is 16.3. The number of rotatable bonds is 6. The minimum Gasteiger partial charge on any atom is -0.328 e. The van der Waals surface area contributed by atoms with Gasteiger partial charge in [-0.1, -0.05) is 84.1 Å². The molecule has 0 saturated carbocycles. The largest absolute Gasteiger partial charge is 0.328 e. The molecule has 5 heteroatoms. The lowest BCUT2D eigenvalue weighted by atomic mass is 9.88. The minimum absolute atomic E-state index is 0.135. The first-order chi connectivity index (χ1) is 14.2. The van der Waals surface area contributed by atoms with Crippen molar-refractivity contribution in [2.24, 2.45) is 0 Å². The molecular weight excluding hydrogens is 378 g/mol. The summed E-state index contributed by atoms with van der Waals surface area (Å²) in [4.78, 5) is 18.9. The van der Waals surface area contributed by atoms with E-state index in [9.17, 15) is 4.79 Å². The molecule has 0 spiro atoms. The average Bonchev–Trinajstić information content (AvgIpc) is 3.17. The van der Waals surface area contributed by atoms with Crippen LogP contribution in [0, 0.1) is 0 Å². The van der Waals surface area contributed by atoms with Gasteiger partial charge in [0, 0.05) is 19.5 Å². The third-order valence-electron chi connectivity index (χ3n) is 5.01. The summed E-state index contributed by atoms with van der Waals surface area (Å²) in [5.74, 6) is 0.245. The lowest BCUT2D eigenvalue weighted by Gasteiger charge is -2.22. The number of carbonyl (C=O) groups excluding carboxylic acids is 1. The van der Waals surface area contributed by atoms with Crippen LogP contribution in [0.2, 0.25) is 0 Å². The Morgan fingerprint density at radius 3 is 2.14 bits per heavy atom. The van der Waals surface area contributed by atoms with Gasteiger partial charge in [0.15, 0.2) is 5.13 Å². The number of aromatic nitrogens is 1. The molecule has 3 aromatic carbocycles. The average molecular weight is 402 g/mol. The summed E-state index contributed by atoms with van der Waals surface area (Å²) in [6.45, 7) is 0.644. The highest BCUT2D eigenvalue weighted by molar-refractivity contribution is 7.22. The second-order valence-corrected chi connectivity index (χ2v) is 8.03. The number of nitrogens with one attached hydrogen (secondary N) is 1. The highest BCUT2D eigenvalue weighted by Crippen LogP contribution is 2.28. The number of amides is 2. The van der Waals surface area contributed by atoms with Crippen LogP contribution in [0.15, 0.2) is 84.9 Å². The first kappa shape index (κ1) is 19.2. The smallest absolute Gasteiger partial charge is 0.323 e. The van der Waals surface area contributed by atoms with Crippen LogP contribution in [-0.4, -0.2) is 29.5 Å². The number of fused-ring (bicyclic) bond motifs is 1.